The number of halogens is 4. The predicted octanol–water partition coefficient (Wildman–Crippen LogP) is 8.14. The van der Waals surface area contributed by atoms with Gasteiger partial charge in [0.15, 0.2) is 0 Å². The highest BCUT2D eigenvalue weighted by atomic mass is 35.5. The third kappa shape index (κ3) is 5.69. The molecule has 8 heteroatoms. The molecule has 4 aromatic rings. The molecule has 4 nitrogen and oxygen atoms in total. The molecule has 0 saturated carbocycles. The minimum Gasteiger partial charge on any atom is -0.507 e. The second kappa shape index (κ2) is 12.0. The number of phenolic OH excluding ortho intramolecular Hbond substituents is 4. The summed E-state index contributed by atoms with van der Waals surface area (Å²) < 4.78 is 0. The topological polar surface area (TPSA) is 80.9 Å². The van der Waals surface area contributed by atoms with Gasteiger partial charge in [0.05, 0.1) is 0 Å². The Morgan fingerprint density at radius 1 is 0.350 bits per heavy atom. The second-order valence-corrected chi connectivity index (χ2v) is 11.4. The number of fused-ring (bicyclic) bond motifs is 8. The summed E-state index contributed by atoms with van der Waals surface area (Å²) in [5, 5.41) is 45.5. The normalized spacial score (nSPS) is 12.9. The van der Waals surface area contributed by atoms with Crippen LogP contribution in [-0.4, -0.2) is 20.4 Å². The molecule has 8 bridgehead atoms. The van der Waals surface area contributed by atoms with Gasteiger partial charge < -0.3 is 20.4 Å². The molecule has 1 aliphatic carbocycles. The van der Waals surface area contributed by atoms with Crippen LogP contribution in [0, 0.1) is 0 Å². The van der Waals surface area contributed by atoms with Crippen LogP contribution in [0.5, 0.6) is 23.0 Å². The molecule has 0 spiro atoms. The Balaban J connectivity index is 1.80. The number of aromatic hydroxyl groups is 4. The van der Waals surface area contributed by atoms with Gasteiger partial charge in [-0.2, -0.15) is 0 Å². The van der Waals surface area contributed by atoms with Gasteiger partial charge in [0.25, 0.3) is 0 Å². The van der Waals surface area contributed by atoms with Crippen molar-refractivity contribution in [3.63, 3.8) is 0 Å². The fourth-order valence-electron chi connectivity index (χ4n) is 5.54. The van der Waals surface area contributed by atoms with Crippen molar-refractivity contribution in [2.75, 3.05) is 0 Å². The molecule has 0 heterocycles. The van der Waals surface area contributed by atoms with Crippen molar-refractivity contribution >= 4 is 46.4 Å². The molecule has 0 saturated heterocycles. The van der Waals surface area contributed by atoms with E-state index in [2.05, 4.69) is 0 Å². The standard InChI is InChI=1S/C32H28Cl4O4/c33-13-17-1-21-9-23-3-18(14-34)4-25(30(23)38)11-26-7-20(16-36)8-28(32(26)40)12-27-6-19(15-35)5-24(31(27)39)10-22(2-17)29(21)37/h1-8,37-40H,9-16H2. The lowest BCUT2D eigenvalue weighted by atomic mass is 9.89. The van der Waals surface area contributed by atoms with E-state index in [1.165, 1.54) is 0 Å². The maximum Gasteiger partial charge on any atom is 0.122 e. The summed E-state index contributed by atoms with van der Waals surface area (Å²) in [6.45, 7) is 0. The van der Waals surface area contributed by atoms with Crippen LogP contribution in [0.25, 0.3) is 0 Å². The summed E-state index contributed by atoms with van der Waals surface area (Å²) in [6.07, 6.45) is 0.909. The third-order valence-corrected chi connectivity index (χ3v) is 8.69. The van der Waals surface area contributed by atoms with E-state index in [4.69, 9.17) is 46.4 Å². The number of phenols is 4. The average Bonchev–Trinajstić information content (AvgIpc) is 2.95. The number of hydrogen-bond donors (Lipinski definition) is 4. The van der Waals surface area contributed by atoms with Gasteiger partial charge >= 0.3 is 0 Å². The number of benzene rings is 4. The highest BCUT2D eigenvalue weighted by Crippen LogP contribution is 2.39. The minimum atomic E-state index is 0.0741. The van der Waals surface area contributed by atoms with Crippen molar-refractivity contribution in [1.82, 2.24) is 0 Å². The largest absolute Gasteiger partial charge is 0.507 e. The van der Waals surface area contributed by atoms with Crippen LogP contribution in [0.3, 0.4) is 0 Å². The molecule has 0 amide bonds. The van der Waals surface area contributed by atoms with Gasteiger partial charge in [-0.05, 0) is 66.8 Å². The van der Waals surface area contributed by atoms with Crippen LogP contribution in [0.1, 0.15) is 66.8 Å². The molecule has 0 unspecified atom stereocenters. The highest BCUT2D eigenvalue weighted by Gasteiger charge is 2.21. The molecule has 0 aliphatic heterocycles. The van der Waals surface area contributed by atoms with E-state index in [0.717, 1.165) is 22.3 Å². The van der Waals surface area contributed by atoms with Gasteiger partial charge in [-0.1, -0.05) is 48.5 Å². The van der Waals surface area contributed by atoms with E-state index in [0.29, 0.717) is 44.5 Å². The van der Waals surface area contributed by atoms with E-state index in [9.17, 15) is 20.4 Å². The first-order chi connectivity index (χ1) is 19.2. The minimum absolute atomic E-state index is 0.0741. The van der Waals surface area contributed by atoms with Crippen LogP contribution in [-0.2, 0) is 49.2 Å². The summed E-state index contributed by atoms with van der Waals surface area (Å²) in [5.74, 6) is 1.22. The summed E-state index contributed by atoms with van der Waals surface area (Å²) in [7, 11) is 0. The smallest absolute Gasteiger partial charge is 0.122 e. The van der Waals surface area contributed by atoms with Crippen LogP contribution in [0.15, 0.2) is 48.5 Å². The Labute approximate surface area is 253 Å². The molecule has 0 fully saturated rings. The van der Waals surface area contributed by atoms with Crippen LogP contribution in [0.2, 0.25) is 0 Å². The zero-order chi connectivity index (χ0) is 28.6. The fourth-order valence-corrected chi connectivity index (χ4v) is 6.15. The lowest BCUT2D eigenvalue weighted by Crippen LogP contribution is -2.03. The quantitative estimate of drug-likeness (QED) is 0.153. The van der Waals surface area contributed by atoms with E-state index < -0.39 is 0 Å². The van der Waals surface area contributed by atoms with Gasteiger partial charge in [-0.25, -0.2) is 0 Å². The van der Waals surface area contributed by atoms with Gasteiger partial charge in [0.1, 0.15) is 23.0 Å². The molecule has 0 atom stereocenters. The number of rotatable bonds is 4. The van der Waals surface area contributed by atoms with Crippen LogP contribution in [0.4, 0.5) is 0 Å². The molecule has 4 aromatic carbocycles. The molecule has 1 aliphatic rings. The average molecular weight is 618 g/mol. The third-order valence-electron chi connectivity index (χ3n) is 7.45. The van der Waals surface area contributed by atoms with Crippen molar-refractivity contribution in [1.29, 1.82) is 0 Å². The lowest BCUT2D eigenvalue weighted by molar-refractivity contribution is 0.450. The number of hydrogen-bond acceptors (Lipinski definition) is 4. The molecular formula is C32H28Cl4O4. The summed E-state index contributed by atoms with van der Waals surface area (Å²) in [4.78, 5) is 0. The van der Waals surface area contributed by atoms with Gasteiger partial charge in [-0.3, -0.25) is 0 Å². The Bertz CT molecular complexity index is 1270. The fraction of sp³-hybridized carbons (Fsp3) is 0.250. The van der Waals surface area contributed by atoms with E-state index >= 15 is 0 Å². The molecule has 40 heavy (non-hydrogen) atoms. The summed E-state index contributed by atoms with van der Waals surface area (Å²) in [6, 6.07) is 14.6. The van der Waals surface area contributed by atoms with E-state index in [1.54, 1.807) is 0 Å². The van der Waals surface area contributed by atoms with Gasteiger partial charge in [0, 0.05) is 49.2 Å². The first kappa shape index (κ1) is 28.8. The second-order valence-electron chi connectivity index (χ2n) is 10.3. The molecule has 5 rings (SSSR count). The Morgan fingerprint density at radius 3 is 0.625 bits per heavy atom. The zero-order valence-electron chi connectivity index (χ0n) is 21.6. The van der Waals surface area contributed by atoms with Crippen molar-refractivity contribution in [3.05, 3.63) is 115 Å². The van der Waals surface area contributed by atoms with Crippen molar-refractivity contribution in [2.45, 2.75) is 49.2 Å². The molecule has 4 N–H and O–H groups in total. The summed E-state index contributed by atoms with van der Waals surface area (Å²) in [5.41, 5.74) is 7.97. The molecular weight excluding hydrogens is 590 g/mol. The first-order valence-corrected chi connectivity index (χ1v) is 15.0. The number of alkyl halides is 4. The van der Waals surface area contributed by atoms with Crippen molar-refractivity contribution in [3.8, 4) is 23.0 Å². The van der Waals surface area contributed by atoms with Gasteiger partial charge in [0.2, 0.25) is 0 Å². The van der Waals surface area contributed by atoms with Crippen LogP contribution >= 0.6 is 46.4 Å². The maximum atomic E-state index is 11.4. The van der Waals surface area contributed by atoms with Crippen LogP contribution < -0.4 is 0 Å². The van der Waals surface area contributed by atoms with E-state index in [-0.39, 0.29) is 72.2 Å². The zero-order valence-corrected chi connectivity index (χ0v) is 24.6. The molecule has 0 radical (unpaired) electrons. The first-order valence-electron chi connectivity index (χ1n) is 12.8. The van der Waals surface area contributed by atoms with E-state index in [1.807, 2.05) is 48.5 Å². The monoisotopic (exact) mass is 616 g/mol. The van der Waals surface area contributed by atoms with Crippen molar-refractivity contribution < 1.29 is 20.4 Å². The SMILES string of the molecule is Oc1c2cc(CCl)cc1Cc1cc(CCl)cc(c1O)Cc1cc(CCl)cc(c1O)Cc1cc(CCl)cc(c1O)C2. The Kier molecular flexibility index (Phi) is 8.63. The Hall–Kier alpha value is -2.76. The lowest BCUT2D eigenvalue weighted by Gasteiger charge is -2.19. The molecule has 0 aromatic heterocycles. The predicted molar refractivity (Wildman–Crippen MR) is 162 cm³/mol. The van der Waals surface area contributed by atoms with Gasteiger partial charge in [-0.15, -0.1) is 46.4 Å². The Morgan fingerprint density at radius 2 is 0.500 bits per heavy atom. The summed E-state index contributed by atoms with van der Waals surface area (Å²) >= 11 is 24.9. The molecule has 208 valence electrons. The maximum absolute atomic E-state index is 11.4. The van der Waals surface area contributed by atoms with Crippen molar-refractivity contribution in [2.24, 2.45) is 0 Å². The highest BCUT2D eigenvalue weighted by molar-refractivity contribution is 6.17.